The first-order chi connectivity index (χ1) is 17.2. The zero-order valence-corrected chi connectivity index (χ0v) is 23.7. The molecule has 1 N–H and O–H groups in total. The number of amides is 2. The van der Waals surface area contributed by atoms with Crippen molar-refractivity contribution >= 4 is 68.9 Å². The Kier molecular flexibility index (Phi) is 8.77. The lowest BCUT2D eigenvalue weighted by molar-refractivity contribution is -0.109. The van der Waals surface area contributed by atoms with Gasteiger partial charge in [-0.2, -0.15) is 0 Å². The summed E-state index contributed by atoms with van der Waals surface area (Å²) in [6, 6.07) is 4.10. The second kappa shape index (κ2) is 11.3. The highest BCUT2D eigenvalue weighted by Gasteiger charge is 2.29. The number of anilines is 1. The Morgan fingerprint density at radius 1 is 1.19 bits per heavy atom. The predicted octanol–water partition coefficient (Wildman–Crippen LogP) is 6.77. The highest BCUT2D eigenvalue weighted by molar-refractivity contribution is 7.20. The van der Waals surface area contributed by atoms with Crippen molar-refractivity contribution in [3.8, 4) is 0 Å². The molecule has 200 valence electrons. The predicted molar refractivity (Wildman–Crippen MR) is 144 cm³/mol. The first-order valence-electron chi connectivity index (χ1n) is 11.4. The van der Waals surface area contributed by atoms with E-state index in [2.05, 4.69) is 10.3 Å². The number of nitrogens with zero attached hydrogens (tertiary/aromatic N) is 2. The number of ether oxygens (including phenoxy) is 2. The van der Waals surface area contributed by atoms with Crippen LogP contribution in [0.3, 0.4) is 0 Å². The summed E-state index contributed by atoms with van der Waals surface area (Å²) < 4.78 is 16.9. The summed E-state index contributed by atoms with van der Waals surface area (Å²) in [6.45, 7) is 10.5. The molecular weight excluding hydrogens is 541 g/mol. The van der Waals surface area contributed by atoms with Crippen molar-refractivity contribution < 1.29 is 28.3 Å². The van der Waals surface area contributed by atoms with Crippen molar-refractivity contribution in [1.29, 1.82) is 0 Å². The number of hydrogen-bond acceptors (Lipinski definition) is 8. The molecule has 2 amide bonds. The lowest BCUT2D eigenvalue weighted by Crippen LogP contribution is -2.41. The minimum absolute atomic E-state index is 0.0688. The summed E-state index contributed by atoms with van der Waals surface area (Å²) in [5.41, 5.74) is -0.695. The zero-order valence-electron chi connectivity index (χ0n) is 21.4. The Labute approximate surface area is 229 Å². The van der Waals surface area contributed by atoms with Gasteiger partial charge in [0.15, 0.2) is 0 Å². The van der Waals surface area contributed by atoms with Crippen molar-refractivity contribution in [3.05, 3.63) is 45.3 Å². The van der Waals surface area contributed by atoms with Crippen LogP contribution in [-0.4, -0.2) is 40.7 Å². The second-order valence-electron chi connectivity index (χ2n) is 10.2. The Balaban J connectivity index is 2.01. The highest BCUT2D eigenvalue weighted by atomic mass is 35.5. The van der Waals surface area contributed by atoms with Gasteiger partial charge in [0.05, 0.1) is 34.3 Å². The molecule has 0 aromatic carbocycles. The number of carbonyl (C=O) groups excluding carboxylic acids is 3. The Hall–Kier alpha value is -2.82. The molecule has 0 unspecified atom stereocenters. The zero-order chi connectivity index (χ0) is 27.5. The molecule has 1 atom stereocenters. The fraction of sp³-hybridized carbons (Fsp3) is 0.440. The largest absolute Gasteiger partial charge is 0.467 e. The molecule has 0 saturated heterocycles. The molecule has 0 spiro atoms. The van der Waals surface area contributed by atoms with Gasteiger partial charge in [-0.1, -0.05) is 23.2 Å². The topological polar surface area (TPSA) is 111 Å². The van der Waals surface area contributed by atoms with Gasteiger partial charge in [-0.05, 0) is 53.7 Å². The van der Waals surface area contributed by atoms with Crippen molar-refractivity contribution in [1.82, 2.24) is 10.3 Å². The van der Waals surface area contributed by atoms with E-state index in [-0.39, 0.29) is 23.1 Å². The average Bonchev–Trinajstić information content (AvgIpc) is 3.37. The van der Waals surface area contributed by atoms with Gasteiger partial charge < -0.3 is 24.0 Å². The van der Waals surface area contributed by atoms with Crippen LogP contribution in [0.1, 0.15) is 52.2 Å². The molecule has 0 bridgehead atoms. The number of fused-ring (bicyclic) bond motifs is 1. The third-order valence-corrected chi connectivity index (χ3v) is 6.61. The number of aldehydes is 1. The van der Waals surface area contributed by atoms with E-state index in [0.717, 1.165) is 0 Å². The fourth-order valence-corrected chi connectivity index (χ4v) is 5.07. The molecule has 3 aromatic rings. The van der Waals surface area contributed by atoms with E-state index in [1.807, 2.05) is 0 Å². The van der Waals surface area contributed by atoms with E-state index >= 15 is 0 Å². The normalized spacial score (nSPS) is 12.8. The van der Waals surface area contributed by atoms with Crippen molar-refractivity contribution in [2.24, 2.45) is 0 Å². The first kappa shape index (κ1) is 28.7. The van der Waals surface area contributed by atoms with Crippen molar-refractivity contribution in [2.75, 3.05) is 4.90 Å². The molecule has 0 aliphatic heterocycles. The van der Waals surface area contributed by atoms with Crippen LogP contribution in [0.5, 0.6) is 0 Å². The first-order valence-corrected chi connectivity index (χ1v) is 13.0. The third-order valence-electron chi connectivity index (χ3n) is 4.67. The number of aromatic nitrogens is 1. The van der Waals surface area contributed by atoms with Gasteiger partial charge in [0, 0.05) is 17.4 Å². The summed E-state index contributed by atoms with van der Waals surface area (Å²) in [7, 11) is 0. The summed E-state index contributed by atoms with van der Waals surface area (Å²) in [5, 5.41) is 2.92. The van der Waals surface area contributed by atoms with Gasteiger partial charge in [0.2, 0.25) is 0 Å². The maximum Gasteiger partial charge on any atom is 0.415 e. The molecule has 0 aliphatic carbocycles. The molecule has 0 aliphatic rings. The number of furan rings is 1. The smallest absolute Gasteiger partial charge is 0.415 e. The van der Waals surface area contributed by atoms with Crippen LogP contribution in [0, 0.1) is 0 Å². The maximum absolute atomic E-state index is 13.3. The lowest BCUT2D eigenvalue weighted by Gasteiger charge is -2.27. The highest BCUT2D eigenvalue weighted by Crippen LogP contribution is 2.42. The summed E-state index contributed by atoms with van der Waals surface area (Å²) in [6.07, 6.45) is 0.865. The van der Waals surface area contributed by atoms with Crippen LogP contribution in [0.25, 0.3) is 10.2 Å². The minimum Gasteiger partial charge on any atom is -0.467 e. The molecule has 9 nitrogen and oxygen atoms in total. The van der Waals surface area contributed by atoms with Gasteiger partial charge in [-0.3, -0.25) is 4.90 Å². The fourth-order valence-electron chi connectivity index (χ4n) is 3.29. The molecule has 0 radical (unpaired) electrons. The summed E-state index contributed by atoms with van der Waals surface area (Å²) >= 11 is 14.2. The SMILES string of the molecule is CC(C)(C)OC(=O)N[C@@H](C=O)Cc1sc2c(N(Cc3ccco3)C(=O)OC(C)(C)C)cc(Cl)nc2c1Cl. The lowest BCUT2D eigenvalue weighted by atomic mass is 10.2. The number of pyridine rings is 1. The number of halogens is 2. The van der Waals surface area contributed by atoms with Crippen LogP contribution in [-0.2, 0) is 27.2 Å². The Morgan fingerprint density at radius 3 is 2.43 bits per heavy atom. The summed E-state index contributed by atoms with van der Waals surface area (Å²) in [5.74, 6) is 0.525. The monoisotopic (exact) mass is 569 g/mol. The molecule has 3 heterocycles. The number of thiophene rings is 1. The molecule has 0 fully saturated rings. The standard InChI is InChI=1S/C25H29Cl2N3O6S/c1-24(2,3)35-22(32)28-14(13-31)10-17-19(27)20-21(37-17)16(11-18(26)29-20)30(12-15-8-7-9-34-15)23(33)36-25(4,5)6/h7-9,11,13-14H,10,12H2,1-6H3,(H,28,32)/t14-/m1/s1. The number of alkyl carbamates (subject to hydrolysis) is 1. The molecule has 37 heavy (non-hydrogen) atoms. The van der Waals surface area contributed by atoms with E-state index in [1.54, 1.807) is 59.7 Å². The van der Waals surface area contributed by atoms with Gasteiger partial charge in [-0.15, -0.1) is 11.3 Å². The van der Waals surface area contributed by atoms with Crippen molar-refractivity contribution in [2.45, 2.75) is 71.8 Å². The maximum atomic E-state index is 13.3. The van der Waals surface area contributed by atoms with Crippen LogP contribution in [0.2, 0.25) is 10.2 Å². The second-order valence-corrected chi connectivity index (χ2v) is 12.1. The van der Waals surface area contributed by atoms with Gasteiger partial charge in [0.1, 0.15) is 33.9 Å². The van der Waals surface area contributed by atoms with Gasteiger partial charge >= 0.3 is 12.2 Å². The minimum atomic E-state index is -0.899. The van der Waals surface area contributed by atoms with Crippen LogP contribution >= 0.6 is 34.5 Å². The van der Waals surface area contributed by atoms with Crippen molar-refractivity contribution in [3.63, 3.8) is 0 Å². The number of carbonyl (C=O) groups is 3. The Morgan fingerprint density at radius 2 is 1.86 bits per heavy atom. The van der Waals surface area contributed by atoms with E-state index in [9.17, 15) is 14.4 Å². The molecular formula is C25H29Cl2N3O6S. The van der Waals surface area contributed by atoms with Crippen LogP contribution < -0.4 is 10.2 Å². The number of rotatable bonds is 7. The van der Waals surface area contributed by atoms with E-state index in [4.69, 9.17) is 37.1 Å². The van der Waals surface area contributed by atoms with E-state index in [0.29, 0.717) is 32.8 Å². The quantitative estimate of drug-likeness (QED) is 0.246. The van der Waals surface area contributed by atoms with Crippen LogP contribution in [0.15, 0.2) is 28.9 Å². The van der Waals surface area contributed by atoms with E-state index in [1.165, 1.54) is 22.5 Å². The molecule has 12 heteroatoms. The number of nitrogens with one attached hydrogen (secondary N) is 1. The van der Waals surface area contributed by atoms with Gasteiger partial charge in [0.25, 0.3) is 0 Å². The molecule has 3 aromatic heterocycles. The third kappa shape index (κ3) is 7.83. The van der Waals surface area contributed by atoms with Crippen LogP contribution in [0.4, 0.5) is 15.3 Å². The van der Waals surface area contributed by atoms with Gasteiger partial charge in [-0.25, -0.2) is 14.6 Å². The van der Waals surface area contributed by atoms with E-state index < -0.39 is 29.4 Å². The Bertz CT molecular complexity index is 1280. The summed E-state index contributed by atoms with van der Waals surface area (Å²) in [4.78, 5) is 43.5. The molecule has 3 rings (SSSR count). The number of hydrogen-bond donors (Lipinski definition) is 1. The molecule has 0 saturated carbocycles. The average molecular weight is 570 g/mol.